The monoisotopic (exact) mass is 234 g/mol. The maximum Gasteiger partial charge on any atom is 0.140 e. The number of Topliss-reactive ketones (excluding diaryl/α,β-unsaturated/α-hetero) is 1. The van der Waals surface area contributed by atoms with Crippen molar-refractivity contribution in [2.45, 2.75) is 39.7 Å². The van der Waals surface area contributed by atoms with Crippen LogP contribution in [0.15, 0.2) is 30.3 Å². The van der Waals surface area contributed by atoms with Gasteiger partial charge in [-0.2, -0.15) is 0 Å². The summed E-state index contributed by atoms with van der Waals surface area (Å²) in [4.78, 5) is 11.7. The van der Waals surface area contributed by atoms with Gasteiger partial charge in [0.25, 0.3) is 0 Å². The van der Waals surface area contributed by atoms with E-state index in [2.05, 4.69) is 0 Å². The Labute approximate surface area is 104 Å². The highest BCUT2D eigenvalue weighted by Gasteiger charge is 2.23. The number of aryl methyl sites for hydroxylation is 1. The normalized spacial score (nSPS) is 14.6. The Hall–Kier alpha value is -1.15. The molecule has 0 bridgehead atoms. The highest BCUT2D eigenvalue weighted by atomic mass is 16.3. The molecule has 0 fully saturated rings. The van der Waals surface area contributed by atoms with Gasteiger partial charge < -0.3 is 5.11 Å². The number of rotatable bonds is 6. The smallest absolute Gasteiger partial charge is 0.140 e. The Morgan fingerprint density at radius 3 is 2.29 bits per heavy atom. The summed E-state index contributed by atoms with van der Waals surface area (Å²) in [6, 6.07) is 10.0. The van der Waals surface area contributed by atoms with E-state index in [9.17, 15) is 9.90 Å². The molecule has 17 heavy (non-hydrogen) atoms. The third-order valence-corrected chi connectivity index (χ3v) is 3.17. The summed E-state index contributed by atoms with van der Waals surface area (Å²) in [7, 11) is 0. The standard InChI is InChI=1S/C15H22O2/c1-11(2)15(17)12(3)14(16)10-9-13-7-5-4-6-8-13/h4-8,11-12,14,16H,9-10H2,1-3H3/t12-,14+/m0/s1. The predicted molar refractivity (Wildman–Crippen MR) is 69.8 cm³/mol. The van der Waals surface area contributed by atoms with Crippen LogP contribution in [0.2, 0.25) is 0 Å². The molecule has 0 aliphatic carbocycles. The number of carbonyl (C=O) groups excluding carboxylic acids is 1. The van der Waals surface area contributed by atoms with Crippen LogP contribution < -0.4 is 0 Å². The molecular weight excluding hydrogens is 212 g/mol. The molecular formula is C15H22O2. The first-order valence-corrected chi connectivity index (χ1v) is 6.28. The quantitative estimate of drug-likeness (QED) is 0.821. The van der Waals surface area contributed by atoms with Crippen molar-refractivity contribution in [3.8, 4) is 0 Å². The lowest BCUT2D eigenvalue weighted by molar-refractivity contribution is -0.128. The van der Waals surface area contributed by atoms with Gasteiger partial charge in [-0.15, -0.1) is 0 Å². The molecule has 0 saturated carbocycles. The van der Waals surface area contributed by atoms with E-state index in [1.807, 2.05) is 51.1 Å². The Morgan fingerprint density at radius 2 is 1.76 bits per heavy atom. The van der Waals surface area contributed by atoms with Crippen LogP contribution >= 0.6 is 0 Å². The van der Waals surface area contributed by atoms with Crippen molar-refractivity contribution in [2.24, 2.45) is 11.8 Å². The Morgan fingerprint density at radius 1 is 1.18 bits per heavy atom. The fourth-order valence-electron chi connectivity index (χ4n) is 1.92. The van der Waals surface area contributed by atoms with Gasteiger partial charge in [0.2, 0.25) is 0 Å². The first-order chi connectivity index (χ1) is 8.02. The lowest BCUT2D eigenvalue weighted by atomic mass is 9.89. The number of aliphatic hydroxyl groups is 1. The van der Waals surface area contributed by atoms with Crippen molar-refractivity contribution < 1.29 is 9.90 Å². The lowest BCUT2D eigenvalue weighted by Gasteiger charge is -2.19. The van der Waals surface area contributed by atoms with Crippen molar-refractivity contribution in [3.63, 3.8) is 0 Å². The van der Waals surface area contributed by atoms with Crippen molar-refractivity contribution in [1.29, 1.82) is 0 Å². The van der Waals surface area contributed by atoms with Gasteiger partial charge in [-0.3, -0.25) is 4.79 Å². The molecule has 2 atom stereocenters. The lowest BCUT2D eigenvalue weighted by Crippen LogP contribution is -2.29. The highest BCUT2D eigenvalue weighted by Crippen LogP contribution is 2.15. The van der Waals surface area contributed by atoms with E-state index in [0.29, 0.717) is 6.42 Å². The molecule has 0 aliphatic rings. The van der Waals surface area contributed by atoms with Crippen molar-refractivity contribution in [3.05, 3.63) is 35.9 Å². The molecule has 0 radical (unpaired) electrons. The summed E-state index contributed by atoms with van der Waals surface area (Å²) in [6.07, 6.45) is 0.923. The van der Waals surface area contributed by atoms with E-state index in [4.69, 9.17) is 0 Å². The second-order valence-corrected chi connectivity index (χ2v) is 4.94. The van der Waals surface area contributed by atoms with Crippen molar-refractivity contribution in [1.82, 2.24) is 0 Å². The average molecular weight is 234 g/mol. The van der Waals surface area contributed by atoms with Gasteiger partial charge in [0, 0.05) is 11.8 Å². The van der Waals surface area contributed by atoms with Gasteiger partial charge >= 0.3 is 0 Å². The molecule has 1 aromatic carbocycles. The maximum absolute atomic E-state index is 11.7. The fourth-order valence-corrected chi connectivity index (χ4v) is 1.92. The third-order valence-electron chi connectivity index (χ3n) is 3.17. The second kappa shape index (κ2) is 6.55. The SMILES string of the molecule is CC(C)C(=O)[C@@H](C)[C@H](O)CCc1ccccc1. The van der Waals surface area contributed by atoms with Crippen LogP contribution in [0.4, 0.5) is 0 Å². The Balaban J connectivity index is 2.44. The van der Waals surface area contributed by atoms with E-state index < -0.39 is 6.10 Å². The summed E-state index contributed by atoms with van der Waals surface area (Å²) in [6.45, 7) is 5.57. The average Bonchev–Trinajstić information content (AvgIpc) is 2.35. The van der Waals surface area contributed by atoms with E-state index in [1.54, 1.807) is 0 Å². The van der Waals surface area contributed by atoms with Gasteiger partial charge in [-0.05, 0) is 18.4 Å². The van der Waals surface area contributed by atoms with E-state index in [1.165, 1.54) is 5.56 Å². The molecule has 0 aliphatic heterocycles. The van der Waals surface area contributed by atoms with Crippen molar-refractivity contribution >= 4 is 5.78 Å². The molecule has 2 nitrogen and oxygen atoms in total. The minimum absolute atomic E-state index is 0.00336. The van der Waals surface area contributed by atoms with Gasteiger partial charge in [0.15, 0.2) is 0 Å². The summed E-state index contributed by atoms with van der Waals surface area (Å²) < 4.78 is 0. The second-order valence-electron chi connectivity index (χ2n) is 4.94. The van der Waals surface area contributed by atoms with Gasteiger partial charge in [0.1, 0.15) is 5.78 Å². The Bertz CT molecular complexity index is 343. The van der Waals surface area contributed by atoms with Gasteiger partial charge in [-0.1, -0.05) is 51.1 Å². The topological polar surface area (TPSA) is 37.3 Å². The van der Waals surface area contributed by atoms with Crippen LogP contribution in [-0.2, 0) is 11.2 Å². The molecule has 94 valence electrons. The van der Waals surface area contributed by atoms with Crippen LogP contribution in [0.3, 0.4) is 0 Å². The maximum atomic E-state index is 11.7. The molecule has 0 spiro atoms. The van der Waals surface area contributed by atoms with E-state index in [0.717, 1.165) is 6.42 Å². The molecule has 0 amide bonds. The summed E-state index contributed by atoms with van der Waals surface area (Å²) >= 11 is 0. The molecule has 0 aromatic heterocycles. The zero-order valence-corrected chi connectivity index (χ0v) is 10.9. The Kier molecular flexibility index (Phi) is 5.36. The first-order valence-electron chi connectivity index (χ1n) is 6.28. The molecule has 0 heterocycles. The summed E-state index contributed by atoms with van der Waals surface area (Å²) in [5.74, 6) is -0.124. The number of ketones is 1. The molecule has 1 N–H and O–H groups in total. The number of carbonyl (C=O) groups is 1. The first kappa shape index (κ1) is 13.9. The van der Waals surface area contributed by atoms with Crippen LogP contribution in [0.1, 0.15) is 32.8 Å². The zero-order valence-electron chi connectivity index (χ0n) is 10.9. The number of benzene rings is 1. The largest absolute Gasteiger partial charge is 0.392 e. The number of aliphatic hydroxyl groups excluding tert-OH is 1. The predicted octanol–water partition coefficient (Wildman–Crippen LogP) is 2.84. The van der Waals surface area contributed by atoms with Gasteiger partial charge in [-0.25, -0.2) is 0 Å². The minimum Gasteiger partial charge on any atom is -0.392 e. The van der Waals surface area contributed by atoms with E-state index in [-0.39, 0.29) is 17.6 Å². The van der Waals surface area contributed by atoms with Crippen molar-refractivity contribution in [2.75, 3.05) is 0 Å². The number of hydrogen-bond acceptors (Lipinski definition) is 2. The number of hydrogen-bond donors (Lipinski definition) is 1. The third kappa shape index (κ3) is 4.31. The van der Waals surface area contributed by atoms with Gasteiger partial charge in [0.05, 0.1) is 6.10 Å². The fraction of sp³-hybridized carbons (Fsp3) is 0.533. The molecule has 1 rings (SSSR count). The molecule has 2 heteroatoms. The molecule has 0 saturated heterocycles. The molecule has 0 unspecified atom stereocenters. The van der Waals surface area contributed by atoms with Crippen LogP contribution in [0.5, 0.6) is 0 Å². The van der Waals surface area contributed by atoms with Crippen LogP contribution in [0, 0.1) is 11.8 Å². The molecule has 1 aromatic rings. The summed E-state index contributed by atoms with van der Waals surface area (Å²) in [5, 5.41) is 9.98. The minimum atomic E-state index is -0.537. The van der Waals surface area contributed by atoms with E-state index >= 15 is 0 Å². The summed E-state index contributed by atoms with van der Waals surface area (Å²) in [5.41, 5.74) is 1.20. The van der Waals surface area contributed by atoms with Crippen LogP contribution in [-0.4, -0.2) is 17.0 Å². The highest BCUT2D eigenvalue weighted by molar-refractivity contribution is 5.82. The van der Waals surface area contributed by atoms with Crippen LogP contribution in [0.25, 0.3) is 0 Å². The zero-order chi connectivity index (χ0) is 12.8.